The molecule has 1 aliphatic rings. The SMILES string of the molecule is CCOC(=O)C1=C(C)N=c2s/c(=C/c3ccc(OCc4cccc5ccccc45)cc3)c(=O)n2[C@@H]1c1cc(OC)ccc1OC. The molecule has 5 aromatic rings. The molecule has 0 bridgehead atoms. The van der Waals surface area contributed by atoms with Gasteiger partial charge in [-0.05, 0) is 72.2 Å². The first-order chi connectivity index (χ1) is 21.9. The number of fused-ring (bicyclic) bond motifs is 2. The first-order valence-electron chi connectivity index (χ1n) is 14.5. The Morgan fingerprint density at radius 1 is 0.956 bits per heavy atom. The molecule has 0 saturated carbocycles. The average molecular weight is 621 g/mol. The molecule has 8 nitrogen and oxygen atoms in total. The lowest BCUT2D eigenvalue weighted by Crippen LogP contribution is -2.40. The Bertz CT molecular complexity index is 2110. The predicted octanol–water partition coefficient (Wildman–Crippen LogP) is 5.55. The molecular weight excluding hydrogens is 588 g/mol. The fourth-order valence-corrected chi connectivity index (χ4v) is 6.58. The van der Waals surface area contributed by atoms with Gasteiger partial charge in [0.1, 0.15) is 29.9 Å². The fraction of sp³-hybridized carbons (Fsp3) is 0.194. The second kappa shape index (κ2) is 12.8. The second-order valence-corrected chi connectivity index (χ2v) is 11.4. The van der Waals surface area contributed by atoms with Crippen LogP contribution >= 0.6 is 11.3 Å². The molecule has 0 spiro atoms. The number of esters is 1. The van der Waals surface area contributed by atoms with E-state index in [0.29, 0.717) is 38.7 Å². The number of nitrogens with zero attached hydrogens (tertiary/aromatic N) is 2. The van der Waals surface area contributed by atoms with E-state index in [1.807, 2.05) is 48.5 Å². The third-order valence-electron chi connectivity index (χ3n) is 7.70. The van der Waals surface area contributed by atoms with Crippen molar-refractivity contribution in [2.75, 3.05) is 20.8 Å². The smallest absolute Gasteiger partial charge is 0.338 e. The molecule has 0 unspecified atom stereocenters. The summed E-state index contributed by atoms with van der Waals surface area (Å²) in [6, 6.07) is 26.5. The van der Waals surface area contributed by atoms with Gasteiger partial charge in [-0.15, -0.1) is 0 Å². The van der Waals surface area contributed by atoms with Gasteiger partial charge in [0.15, 0.2) is 4.80 Å². The first kappa shape index (κ1) is 29.9. The molecule has 0 N–H and O–H groups in total. The Morgan fingerprint density at radius 2 is 1.71 bits per heavy atom. The van der Waals surface area contributed by atoms with Crippen LogP contribution in [-0.2, 0) is 16.1 Å². The zero-order chi connectivity index (χ0) is 31.5. The van der Waals surface area contributed by atoms with Gasteiger partial charge in [-0.1, -0.05) is 65.9 Å². The third kappa shape index (κ3) is 5.86. The molecule has 4 aromatic carbocycles. The van der Waals surface area contributed by atoms with Crippen LogP contribution in [0.5, 0.6) is 17.2 Å². The van der Waals surface area contributed by atoms with E-state index in [1.165, 1.54) is 26.7 Å². The van der Waals surface area contributed by atoms with Crippen LogP contribution in [0.25, 0.3) is 16.8 Å². The van der Waals surface area contributed by atoms with Crippen molar-refractivity contribution in [3.63, 3.8) is 0 Å². The van der Waals surface area contributed by atoms with E-state index in [9.17, 15) is 9.59 Å². The van der Waals surface area contributed by atoms with Crippen LogP contribution in [0.1, 0.15) is 36.6 Å². The van der Waals surface area contributed by atoms with Gasteiger partial charge in [-0.25, -0.2) is 9.79 Å². The summed E-state index contributed by atoms with van der Waals surface area (Å²) in [6.07, 6.45) is 1.82. The van der Waals surface area contributed by atoms with Crippen molar-refractivity contribution in [3.8, 4) is 17.2 Å². The van der Waals surface area contributed by atoms with Crippen LogP contribution in [0.4, 0.5) is 0 Å². The van der Waals surface area contributed by atoms with Gasteiger partial charge in [0.05, 0.1) is 36.6 Å². The number of benzene rings is 4. The van der Waals surface area contributed by atoms with Crippen LogP contribution in [0, 0.1) is 0 Å². The number of thiazole rings is 1. The van der Waals surface area contributed by atoms with Crippen molar-refractivity contribution in [2.45, 2.75) is 26.5 Å². The minimum Gasteiger partial charge on any atom is -0.497 e. The van der Waals surface area contributed by atoms with Gasteiger partial charge in [0.25, 0.3) is 5.56 Å². The molecule has 0 radical (unpaired) electrons. The highest BCUT2D eigenvalue weighted by Crippen LogP contribution is 2.37. The monoisotopic (exact) mass is 620 g/mol. The summed E-state index contributed by atoms with van der Waals surface area (Å²) in [4.78, 5) is 32.4. The highest BCUT2D eigenvalue weighted by atomic mass is 32.1. The summed E-state index contributed by atoms with van der Waals surface area (Å²) in [5, 5.41) is 2.34. The Balaban J connectivity index is 1.36. The topological polar surface area (TPSA) is 88.4 Å². The molecular formula is C36H32N2O6S. The molecule has 0 amide bonds. The molecule has 0 aliphatic carbocycles. The number of aromatic nitrogens is 1. The van der Waals surface area contributed by atoms with Gasteiger partial charge in [-0.2, -0.15) is 0 Å². The molecule has 2 heterocycles. The zero-order valence-corrected chi connectivity index (χ0v) is 26.2. The normalized spacial score (nSPS) is 14.6. The highest BCUT2D eigenvalue weighted by molar-refractivity contribution is 7.07. The molecule has 1 atom stereocenters. The van der Waals surface area contributed by atoms with Crippen molar-refractivity contribution in [2.24, 2.45) is 4.99 Å². The number of carbonyl (C=O) groups is 1. The molecule has 228 valence electrons. The average Bonchev–Trinajstić information content (AvgIpc) is 3.37. The molecule has 45 heavy (non-hydrogen) atoms. The lowest BCUT2D eigenvalue weighted by atomic mass is 9.94. The van der Waals surface area contributed by atoms with E-state index in [1.54, 1.807) is 46.3 Å². The number of carbonyl (C=O) groups excluding carboxylic acids is 1. The van der Waals surface area contributed by atoms with Crippen LogP contribution in [0.2, 0.25) is 0 Å². The molecule has 9 heteroatoms. The van der Waals surface area contributed by atoms with Crippen molar-refractivity contribution in [1.29, 1.82) is 0 Å². The molecule has 6 rings (SSSR count). The summed E-state index contributed by atoms with van der Waals surface area (Å²) in [7, 11) is 3.11. The fourth-order valence-electron chi connectivity index (χ4n) is 5.53. The number of hydrogen-bond donors (Lipinski definition) is 0. The minimum absolute atomic E-state index is 0.184. The molecule has 0 fully saturated rings. The van der Waals surface area contributed by atoms with Gasteiger partial charge in [-0.3, -0.25) is 9.36 Å². The van der Waals surface area contributed by atoms with Crippen molar-refractivity contribution in [1.82, 2.24) is 4.57 Å². The Kier molecular flexibility index (Phi) is 8.53. The molecule has 0 saturated heterocycles. The largest absolute Gasteiger partial charge is 0.497 e. The Labute approximate surface area is 264 Å². The Hall–Kier alpha value is -5.15. The van der Waals surface area contributed by atoms with Gasteiger partial charge < -0.3 is 18.9 Å². The lowest BCUT2D eigenvalue weighted by Gasteiger charge is -2.26. The van der Waals surface area contributed by atoms with Crippen LogP contribution in [0.3, 0.4) is 0 Å². The summed E-state index contributed by atoms with van der Waals surface area (Å²) in [5.41, 5.74) is 3.00. The number of allylic oxidation sites excluding steroid dienone is 1. The molecule has 1 aromatic heterocycles. The zero-order valence-electron chi connectivity index (χ0n) is 25.4. The second-order valence-electron chi connectivity index (χ2n) is 10.4. The first-order valence-corrected chi connectivity index (χ1v) is 15.3. The van der Waals surface area contributed by atoms with Crippen molar-refractivity contribution >= 4 is 34.2 Å². The molecule has 1 aliphatic heterocycles. The van der Waals surface area contributed by atoms with Gasteiger partial charge in [0.2, 0.25) is 0 Å². The number of ether oxygens (including phenoxy) is 4. The number of methoxy groups -OCH3 is 2. The number of rotatable bonds is 9. The van der Waals surface area contributed by atoms with Crippen LogP contribution < -0.4 is 29.1 Å². The van der Waals surface area contributed by atoms with E-state index in [2.05, 4.69) is 29.3 Å². The van der Waals surface area contributed by atoms with E-state index in [-0.39, 0.29) is 17.7 Å². The maximum absolute atomic E-state index is 14.0. The van der Waals surface area contributed by atoms with E-state index in [4.69, 9.17) is 18.9 Å². The summed E-state index contributed by atoms with van der Waals surface area (Å²) in [6.45, 7) is 4.11. The third-order valence-corrected chi connectivity index (χ3v) is 8.68. The van der Waals surface area contributed by atoms with E-state index in [0.717, 1.165) is 16.9 Å². The van der Waals surface area contributed by atoms with Crippen molar-refractivity contribution < 1.29 is 23.7 Å². The minimum atomic E-state index is -0.822. The Morgan fingerprint density at radius 3 is 2.47 bits per heavy atom. The lowest BCUT2D eigenvalue weighted by molar-refractivity contribution is -0.139. The quantitative estimate of drug-likeness (QED) is 0.201. The van der Waals surface area contributed by atoms with Crippen LogP contribution in [-0.4, -0.2) is 31.4 Å². The summed E-state index contributed by atoms with van der Waals surface area (Å²) in [5.74, 6) is 1.25. The standard InChI is InChI=1S/C36H32N2O6S/c1-5-43-35(40)32-22(2)37-36-38(33(32)29-20-27(41-3)17-18-30(29)42-4)34(39)31(45-36)19-23-13-15-26(16-14-23)44-21-25-11-8-10-24-9-6-7-12-28(24)25/h6-20,33H,5,21H2,1-4H3/b31-19+/t33-/m1/s1. The summed E-state index contributed by atoms with van der Waals surface area (Å²) >= 11 is 1.26. The van der Waals surface area contributed by atoms with Crippen LogP contribution in [0.15, 0.2) is 106 Å². The van der Waals surface area contributed by atoms with E-state index < -0.39 is 12.0 Å². The van der Waals surface area contributed by atoms with Crippen molar-refractivity contribution in [3.05, 3.63) is 133 Å². The van der Waals surface area contributed by atoms with Gasteiger partial charge in [0, 0.05) is 5.56 Å². The summed E-state index contributed by atoms with van der Waals surface area (Å²) < 4.78 is 24.7. The predicted molar refractivity (Wildman–Crippen MR) is 175 cm³/mol. The highest BCUT2D eigenvalue weighted by Gasteiger charge is 2.35. The maximum atomic E-state index is 14.0. The number of hydrogen-bond acceptors (Lipinski definition) is 8. The van der Waals surface area contributed by atoms with Gasteiger partial charge >= 0.3 is 5.97 Å². The van der Waals surface area contributed by atoms with E-state index >= 15 is 0 Å². The maximum Gasteiger partial charge on any atom is 0.338 e.